The van der Waals surface area contributed by atoms with Gasteiger partial charge in [-0.25, -0.2) is 8.80 Å². The van der Waals surface area contributed by atoms with Gasteiger partial charge < -0.3 is 19.3 Å². The van der Waals surface area contributed by atoms with Gasteiger partial charge >= 0.3 is 0 Å². The van der Waals surface area contributed by atoms with E-state index in [-0.39, 0.29) is 11.1 Å². The average Bonchev–Trinajstić information content (AvgIpc) is 3.70. The van der Waals surface area contributed by atoms with Crippen molar-refractivity contribution in [2.24, 2.45) is 0 Å². The monoisotopic (exact) mass is 875 g/mol. The van der Waals surface area contributed by atoms with Crippen molar-refractivity contribution in [3.8, 4) is 11.5 Å². The molecule has 7 heterocycles. The van der Waals surface area contributed by atoms with Crippen LogP contribution in [0.3, 0.4) is 0 Å². The molecule has 0 atom stereocenters. The van der Waals surface area contributed by atoms with E-state index in [9.17, 15) is 9.59 Å². The van der Waals surface area contributed by atoms with E-state index >= 15 is 0 Å². The number of pyridine rings is 1. The number of ether oxygens (including phenoxy) is 2. The molecule has 0 spiro atoms. The lowest BCUT2D eigenvalue weighted by molar-refractivity contribution is 0.354. The van der Waals surface area contributed by atoms with Crippen LogP contribution in [-0.2, 0) is 13.1 Å². The van der Waals surface area contributed by atoms with E-state index in [1.54, 1.807) is 60.0 Å². The largest absolute Gasteiger partial charge is 0.493 e. The Bertz CT molecular complexity index is 3000. The van der Waals surface area contributed by atoms with Gasteiger partial charge in [-0.05, 0) is 91.4 Å². The molecule has 0 N–H and O–H groups in total. The molecule has 5 aromatic heterocycles. The van der Waals surface area contributed by atoms with Crippen molar-refractivity contribution in [3.63, 3.8) is 0 Å². The van der Waals surface area contributed by atoms with E-state index < -0.39 is 0 Å². The van der Waals surface area contributed by atoms with E-state index in [0.717, 1.165) is 85.9 Å². The minimum absolute atomic E-state index is 0.131. The Morgan fingerprint density at radius 1 is 0.565 bits per heavy atom. The second kappa shape index (κ2) is 18.0. The number of benzene rings is 3. The van der Waals surface area contributed by atoms with Crippen molar-refractivity contribution in [2.75, 3.05) is 50.2 Å². The Morgan fingerprint density at radius 3 is 1.53 bits per heavy atom. The van der Waals surface area contributed by atoms with Gasteiger partial charge in [-0.15, -0.1) is 20.4 Å². The number of hydrogen-bond acceptors (Lipinski definition) is 11. The van der Waals surface area contributed by atoms with Crippen LogP contribution in [0.1, 0.15) is 62.5 Å². The number of methoxy groups -OCH3 is 2. The average molecular weight is 877 g/mol. The lowest BCUT2D eigenvalue weighted by Gasteiger charge is -2.21. The Hall–Kier alpha value is -6.19. The number of rotatable bonds is 8. The summed E-state index contributed by atoms with van der Waals surface area (Å²) in [6, 6.07) is 20.2. The fourth-order valence-corrected chi connectivity index (χ4v) is 8.95. The van der Waals surface area contributed by atoms with Crippen molar-refractivity contribution in [2.45, 2.75) is 64.5 Å². The topological polar surface area (TPSA) is 142 Å². The molecule has 15 nitrogen and oxygen atoms in total. The standard InChI is InChI=1S/C24H26ClN5O3.C21H21ClN6O/c1-32-20-10-7-16(13-21(20)33-2)15-29-22(31)18-14-17(25)8-9-19(18)30-23(26-27-24(29)30)28-11-5-3-4-6-12-28;22-16-7-8-18-17(12-16)19(29)27(14-15-6-5-9-23-13-15)21-25-24-20(28(18)21)26-10-3-1-2-4-11-26/h7-10,13-14H,3-6,11-12,15H2,1-2H3;5-9,12-13H,1-4,10-11,14H2. The molecule has 2 aliphatic heterocycles. The number of fused-ring (bicyclic) bond motifs is 6. The molecule has 2 fully saturated rings. The Balaban J connectivity index is 0.000000159. The van der Waals surface area contributed by atoms with Crippen molar-refractivity contribution >= 4 is 68.5 Å². The molecule has 320 valence electrons. The summed E-state index contributed by atoms with van der Waals surface area (Å²) in [5.74, 6) is 3.83. The molecule has 0 unspecified atom stereocenters. The van der Waals surface area contributed by atoms with Gasteiger partial charge in [0.25, 0.3) is 11.1 Å². The first kappa shape index (κ1) is 41.2. The first-order chi connectivity index (χ1) is 30.3. The first-order valence-corrected chi connectivity index (χ1v) is 21.8. The molecule has 3 aromatic carbocycles. The third kappa shape index (κ3) is 8.02. The van der Waals surface area contributed by atoms with Gasteiger partial charge in [-0.3, -0.25) is 23.7 Å². The number of anilines is 2. The van der Waals surface area contributed by atoms with E-state index in [0.29, 0.717) is 57.0 Å². The van der Waals surface area contributed by atoms with Crippen molar-refractivity contribution in [1.82, 2.24) is 43.3 Å². The van der Waals surface area contributed by atoms with Gasteiger partial charge in [0.2, 0.25) is 23.5 Å². The fourth-order valence-electron chi connectivity index (χ4n) is 8.61. The summed E-state index contributed by atoms with van der Waals surface area (Å²) in [5.41, 5.74) is 3.06. The van der Waals surface area contributed by atoms with Gasteiger partial charge in [0.15, 0.2) is 11.5 Å². The molecule has 0 radical (unpaired) electrons. The van der Waals surface area contributed by atoms with E-state index in [1.807, 2.05) is 51.3 Å². The molecule has 17 heteroatoms. The Morgan fingerprint density at radius 2 is 1.06 bits per heavy atom. The second-order valence-electron chi connectivity index (χ2n) is 15.7. The van der Waals surface area contributed by atoms with Crippen molar-refractivity contribution < 1.29 is 9.47 Å². The highest BCUT2D eigenvalue weighted by molar-refractivity contribution is 6.31. The SMILES string of the molecule is COc1ccc(Cn2c(=O)c3cc(Cl)ccc3n3c(N4CCCCCC4)nnc23)cc1OC.O=c1c2cc(Cl)ccc2n2c(N3CCCCCC3)nnc2n1Cc1cccnc1. The van der Waals surface area contributed by atoms with Crippen LogP contribution in [0.15, 0.2) is 88.7 Å². The molecule has 0 saturated carbocycles. The van der Waals surface area contributed by atoms with Crippen molar-refractivity contribution in [3.05, 3.63) is 121 Å². The molecule has 2 saturated heterocycles. The Kier molecular flexibility index (Phi) is 12.0. The molecule has 10 rings (SSSR count). The number of halogens is 2. The third-order valence-electron chi connectivity index (χ3n) is 11.7. The maximum Gasteiger partial charge on any atom is 0.263 e. The van der Waals surface area contributed by atoms with Gasteiger partial charge in [0.1, 0.15) is 0 Å². The minimum atomic E-state index is -0.162. The highest BCUT2D eigenvalue weighted by atomic mass is 35.5. The molecule has 2 aliphatic rings. The lowest BCUT2D eigenvalue weighted by Crippen LogP contribution is -2.28. The minimum Gasteiger partial charge on any atom is -0.493 e. The van der Waals surface area contributed by atoms with E-state index in [1.165, 1.54) is 25.7 Å². The van der Waals surface area contributed by atoms with Gasteiger partial charge in [-0.1, -0.05) is 61.0 Å². The van der Waals surface area contributed by atoms with Crippen LogP contribution in [0, 0.1) is 0 Å². The molecule has 62 heavy (non-hydrogen) atoms. The highest BCUT2D eigenvalue weighted by Gasteiger charge is 2.24. The summed E-state index contributed by atoms with van der Waals surface area (Å²) in [6.07, 6.45) is 12.9. The van der Waals surface area contributed by atoms with Crippen LogP contribution in [0.25, 0.3) is 33.4 Å². The van der Waals surface area contributed by atoms with Gasteiger partial charge in [0, 0.05) is 48.6 Å². The summed E-state index contributed by atoms with van der Waals surface area (Å²) in [5, 5.41) is 20.1. The smallest absolute Gasteiger partial charge is 0.263 e. The van der Waals surface area contributed by atoms with Crippen LogP contribution in [0.2, 0.25) is 10.0 Å². The molecule has 0 aliphatic carbocycles. The zero-order chi connectivity index (χ0) is 42.7. The van der Waals surface area contributed by atoms with E-state index in [4.69, 9.17) is 32.7 Å². The second-order valence-corrected chi connectivity index (χ2v) is 16.6. The maximum atomic E-state index is 13.6. The zero-order valence-electron chi connectivity index (χ0n) is 34.7. The van der Waals surface area contributed by atoms with Crippen LogP contribution in [0.4, 0.5) is 11.9 Å². The first-order valence-electron chi connectivity index (χ1n) is 21.1. The number of aromatic nitrogens is 9. The van der Waals surface area contributed by atoms with E-state index in [2.05, 4.69) is 35.2 Å². The molecule has 0 amide bonds. The van der Waals surface area contributed by atoms with Crippen LogP contribution in [0.5, 0.6) is 11.5 Å². The molecule has 0 bridgehead atoms. The fraction of sp³-hybridized carbons (Fsp3) is 0.356. The van der Waals surface area contributed by atoms with Crippen molar-refractivity contribution in [1.29, 1.82) is 0 Å². The van der Waals surface area contributed by atoms with Gasteiger partial charge in [-0.2, -0.15) is 0 Å². The van der Waals surface area contributed by atoms with Gasteiger partial charge in [0.05, 0.1) is 49.1 Å². The lowest BCUT2D eigenvalue weighted by atomic mass is 10.2. The summed E-state index contributed by atoms with van der Waals surface area (Å²) in [4.78, 5) is 35.6. The molecule has 8 aromatic rings. The Labute approximate surface area is 367 Å². The summed E-state index contributed by atoms with van der Waals surface area (Å²) < 4.78 is 18.1. The zero-order valence-corrected chi connectivity index (χ0v) is 36.2. The van der Waals surface area contributed by atoms with Crippen LogP contribution < -0.4 is 30.4 Å². The summed E-state index contributed by atoms with van der Waals surface area (Å²) in [7, 11) is 3.19. The third-order valence-corrected chi connectivity index (χ3v) is 12.2. The molecular formula is C45H47Cl2N11O4. The summed E-state index contributed by atoms with van der Waals surface area (Å²) >= 11 is 12.5. The maximum absolute atomic E-state index is 13.6. The highest BCUT2D eigenvalue weighted by Crippen LogP contribution is 2.30. The predicted molar refractivity (Wildman–Crippen MR) is 243 cm³/mol. The van der Waals surface area contributed by atoms with Crippen LogP contribution >= 0.6 is 23.2 Å². The number of hydrogen-bond donors (Lipinski definition) is 0. The quantitative estimate of drug-likeness (QED) is 0.149. The normalized spacial score (nSPS) is 14.8. The van der Waals surface area contributed by atoms with Crippen LogP contribution in [-0.4, -0.2) is 83.7 Å². The molecular weight excluding hydrogens is 829 g/mol. The number of nitrogens with zero attached hydrogens (tertiary/aromatic N) is 11. The summed E-state index contributed by atoms with van der Waals surface area (Å²) in [6.45, 7) is 4.41. The predicted octanol–water partition coefficient (Wildman–Crippen LogP) is 7.66.